The van der Waals surface area contributed by atoms with E-state index in [1.807, 2.05) is 0 Å². The zero-order valence-electron chi connectivity index (χ0n) is 10.5. The third-order valence-corrected chi connectivity index (χ3v) is 3.75. The topological polar surface area (TPSA) is 23.5 Å². The van der Waals surface area contributed by atoms with Crippen LogP contribution in [0.3, 0.4) is 0 Å². The number of aliphatic hydroxyl groups excluding tert-OH is 1. The lowest BCUT2D eigenvalue weighted by Crippen LogP contribution is -2.40. The van der Waals surface area contributed by atoms with Crippen molar-refractivity contribution in [2.45, 2.75) is 51.9 Å². The monoisotopic (exact) mass is 213 g/mol. The number of rotatable bonds is 6. The first-order valence-electron chi connectivity index (χ1n) is 6.52. The number of hydrogen-bond acceptors (Lipinski definition) is 2. The first kappa shape index (κ1) is 13.0. The van der Waals surface area contributed by atoms with Gasteiger partial charge in [-0.3, -0.25) is 0 Å². The molecule has 0 spiro atoms. The summed E-state index contributed by atoms with van der Waals surface area (Å²) in [4.78, 5) is 2.41. The van der Waals surface area contributed by atoms with Crippen molar-refractivity contribution in [2.75, 3.05) is 26.7 Å². The van der Waals surface area contributed by atoms with Crippen LogP contribution in [0.1, 0.15) is 51.9 Å². The molecule has 1 fully saturated rings. The summed E-state index contributed by atoms with van der Waals surface area (Å²) in [5, 5.41) is 9.59. The molecule has 1 aliphatic rings. The fourth-order valence-electron chi connectivity index (χ4n) is 2.75. The van der Waals surface area contributed by atoms with Crippen molar-refractivity contribution >= 4 is 0 Å². The summed E-state index contributed by atoms with van der Waals surface area (Å²) in [7, 11) is 2.20. The zero-order chi connectivity index (χ0) is 11.1. The van der Waals surface area contributed by atoms with E-state index in [2.05, 4.69) is 18.9 Å². The number of nitrogens with zero attached hydrogens (tertiary/aromatic N) is 1. The van der Waals surface area contributed by atoms with Gasteiger partial charge in [-0.1, -0.05) is 32.6 Å². The molecule has 1 rings (SSSR count). The van der Waals surface area contributed by atoms with Gasteiger partial charge >= 0.3 is 0 Å². The first-order valence-corrected chi connectivity index (χ1v) is 6.52. The van der Waals surface area contributed by atoms with Crippen molar-refractivity contribution in [2.24, 2.45) is 5.41 Å². The van der Waals surface area contributed by atoms with Gasteiger partial charge in [0.1, 0.15) is 0 Å². The van der Waals surface area contributed by atoms with E-state index in [9.17, 15) is 5.11 Å². The van der Waals surface area contributed by atoms with E-state index in [1.165, 1.54) is 51.5 Å². The Balaban J connectivity index is 2.37. The highest BCUT2D eigenvalue weighted by atomic mass is 16.3. The van der Waals surface area contributed by atoms with Gasteiger partial charge < -0.3 is 10.0 Å². The minimum atomic E-state index is 0.223. The van der Waals surface area contributed by atoms with Gasteiger partial charge in [0.15, 0.2) is 0 Å². The molecule has 15 heavy (non-hydrogen) atoms. The predicted molar refractivity (Wildman–Crippen MR) is 65.0 cm³/mol. The van der Waals surface area contributed by atoms with Crippen LogP contribution in [0.4, 0.5) is 0 Å². The molecule has 0 aromatic carbocycles. The van der Waals surface area contributed by atoms with Crippen LogP contribution >= 0.6 is 0 Å². The van der Waals surface area contributed by atoms with Gasteiger partial charge in [0.25, 0.3) is 0 Å². The van der Waals surface area contributed by atoms with Crippen molar-refractivity contribution < 1.29 is 5.11 Å². The molecule has 0 heterocycles. The Kier molecular flexibility index (Phi) is 5.62. The van der Waals surface area contributed by atoms with Crippen molar-refractivity contribution in [3.05, 3.63) is 0 Å². The smallest absolute Gasteiger partial charge is 0.0499 e. The molecular weight excluding hydrogens is 186 g/mol. The van der Waals surface area contributed by atoms with Gasteiger partial charge in [-0.15, -0.1) is 0 Å². The molecule has 0 amide bonds. The van der Waals surface area contributed by atoms with Gasteiger partial charge in [-0.2, -0.15) is 0 Å². The van der Waals surface area contributed by atoms with Gasteiger partial charge in [-0.05, 0) is 32.9 Å². The molecule has 0 aromatic heterocycles. The van der Waals surface area contributed by atoms with E-state index in [-0.39, 0.29) is 5.41 Å². The maximum absolute atomic E-state index is 9.59. The van der Waals surface area contributed by atoms with Crippen LogP contribution in [-0.4, -0.2) is 36.8 Å². The highest BCUT2D eigenvalue weighted by Crippen LogP contribution is 2.36. The Morgan fingerprint density at radius 1 is 1.20 bits per heavy atom. The molecule has 90 valence electrons. The quantitative estimate of drug-likeness (QED) is 0.733. The van der Waals surface area contributed by atoms with Gasteiger partial charge in [-0.25, -0.2) is 0 Å². The third-order valence-electron chi connectivity index (χ3n) is 3.75. The van der Waals surface area contributed by atoms with Crippen LogP contribution in [0.15, 0.2) is 0 Å². The largest absolute Gasteiger partial charge is 0.396 e. The second kappa shape index (κ2) is 6.49. The van der Waals surface area contributed by atoms with Crippen molar-refractivity contribution in [1.29, 1.82) is 0 Å². The Hall–Kier alpha value is -0.0800. The van der Waals surface area contributed by atoms with Gasteiger partial charge in [0.2, 0.25) is 0 Å². The molecule has 2 nitrogen and oxygen atoms in total. The van der Waals surface area contributed by atoms with Crippen molar-refractivity contribution in [3.63, 3.8) is 0 Å². The Morgan fingerprint density at radius 2 is 1.87 bits per heavy atom. The predicted octanol–water partition coefficient (Wildman–Crippen LogP) is 2.66. The van der Waals surface area contributed by atoms with E-state index in [0.717, 1.165) is 6.54 Å². The average Bonchev–Trinajstić information content (AvgIpc) is 2.27. The van der Waals surface area contributed by atoms with Crippen LogP contribution < -0.4 is 0 Å². The minimum absolute atomic E-state index is 0.223. The molecule has 1 N–H and O–H groups in total. The molecule has 0 saturated heterocycles. The van der Waals surface area contributed by atoms with Crippen molar-refractivity contribution in [3.8, 4) is 0 Å². The van der Waals surface area contributed by atoms with Crippen LogP contribution in [-0.2, 0) is 0 Å². The van der Waals surface area contributed by atoms with Crippen LogP contribution in [0.2, 0.25) is 0 Å². The summed E-state index contributed by atoms with van der Waals surface area (Å²) in [5.41, 5.74) is 0.223. The maximum atomic E-state index is 9.59. The Labute approximate surface area is 94.7 Å². The van der Waals surface area contributed by atoms with Gasteiger partial charge in [0, 0.05) is 18.6 Å². The number of unbranched alkanes of at least 4 members (excludes halogenated alkanes) is 1. The molecule has 1 aliphatic carbocycles. The summed E-state index contributed by atoms with van der Waals surface area (Å²) >= 11 is 0. The van der Waals surface area contributed by atoms with E-state index in [4.69, 9.17) is 0 Å². The lowest BCUT2D eigenvalue weighted by Gasteiger charge is -2.38. The molecule has 0 unspecified atom stereocenters. The molecular formula is C13H27NO. The molecule has 0 radical (unpaired) electrons. The standard InChI is InChI=1S/C13H27NO/c1-3-4-10-14(2)11-13(12-15)8-6-5-7-9-13/h15H,3-12H2,1-2H3. The lowest BCUT2D eigenvalue weighted by atomic mass is 9.74. The highest BCUT2D eigenvalue weighted by Gasteiger charge is 2.32. The SMILES string of the molecule is CCCCN(C)CC1(CO)CCCCC1. The second-order valence-corrected chi connectivity index (χ2v) is 5.31. The fourth-order valence-corrected chi connectivity index (χ4v) is 2.75. The molecule has 0 bridgehead atoms. The highest BCUT2D eigenvalue weighted by molar-refractivity contribution is 4.84. The molecule has 0 aromatic rings. The fraction of sp³-hybridized carbons (Fsp3) is 1.00. The summed E-state index contributed by atoms with van der Waals surface area (Å²) in [6.07, 6.45) is 8.96. The summed E-state index contributed by atoms with van der Waals surface area (Å²) in [6, 6.07) is 0. The second-order valence-electron chi connectivity index (χ2n) is 5.31. The molecule has 0 atom stereocenters. The Bertz CT molecular complexity index is 164. The van der Waals surface area contributed by atoms with E-state index in [0.29, 0.717) is 6.61 Å². The molecule has 2 heteroatoms. The van der Waals surface area contributed by atoms with Crippen LogP contribution in [0.5, 0.6) is 0 Å². The minimum Gasteiger partial charge on any atom is -0.396 e. The van der Waals surface area contributed by atoms with E-state index < -0.39 is 0 Å². The van der Waals surface area contributed by atoms with E-state index >= 15 is 0 Å². The molecule has 1 saturated carbocycles. The van der Waals surface area contributed by atoms with E-state index in [1.54, 1.807) is 0 Å². The maximum Gasteiger partial charge on any atom is 0.0499 e. The normalized spacial score (nSPS) is 20.8. The summed E-state index contributed by atoms with van der Waals surface area (Å²) < 4.78 is 0. The van der Waals surface area contributed by atoms with Crippen LogP contribution in [0.25, 0.3) is 0 Å². The number of aliphatic hydroxyl groups is 1. The third kappa shape index (κ3) is 4.12. The van der Waals surface area contributed by atoms with Crippen LogP contribution in [0, 0.1) is 5.41 Å². The Morgan fingerprint density at radius 3 is 2.40 bits per heavy atom. The first-order chi connectivity index (χ1) is 7.22. The lowest BCUT2D eigenvalue weighted by molar-refractivity contribution is 0.0482. The summed E-state index contributed by atoms with van der Waals surface area (Å²) in [5.74, 6) is 0. The summed E-state index contributed by atoms with van der Waals surface area (Å²) in [6.45, 7) is 4.88. The van der Waals surface area contributed by atoms with Gasteiger partial charge in [0.05, 0.1) is 0 Å². The molecule has 0 aliphatic heterocycles. The average molecular weight is 213 g/mol. The zero-order valence-corrected chi connectivity index (χ0v) is 10.5. The van der Waals surface area contributed by atoms with Crippen molar-refractivity contribution in [1.82, 2.24) is 4.90 Å². The number of hydrogen-bond donors (Lipinski definition) is 1.